The lowest BCUT2D eigenvalue weighted by atomic mass is 9.48. The summed E-state index contributed by atoms with van der Waals surface area (Å²) in [4.78, 5) is 0. The van der Waals surface area contributed by atoms with Crippen LogP contribution in [0.4, 0.5) is 0 Å². The molecular formula is C13H21N. The van der Waals surface area contributed by atoms with E-state index in [2.05, 4.69) is 26.5 Å². The zero-order chi connectivity index (χ0) is 10.3. The molecule has 2 unspecified atom stereocenters. The van der Waals surface area contributed by atoms with Crippen LogP contribution in [0.25, 0.3) is 0 Å². The summed E-state index contributed by atoms with van der Waals surface area (Å²) in [5.41, 5.74) is 8.89. The van der Waals surface area contributed by atoms with Crippen molar-refractivity contribution in [3.8, 4) is 0 Å². The van der Waals surface area contributed by atoms with Gasteiger partial charge in [0.1, 0.15) is 0 Å². The summed E-state index contributed by atoms with van der Waals surface area (Å²) < 4.78 is 0. The third-order valence-corrected chi connectivity index (χ3v) is 4.32. The van der Waals surface area contributed by atoms with E-state index in [9.17, 15) is 0 Å². The molecule has 0 radical (unpaired) electrons. The van der Waals surface area contributed by atoms with Gasteiger partial charge in [-0.15, -0.1) is 0 Å². The summed E-state index contributed by atoms with van der Waals surface area (Å²) in [6.07, 6.45) is 6.00. The third kappa shape index (κ3) is 1.26. The Hall–Kier alpha value is -0.560. The minimum atomic E-state index is 0.515. The number of allylic oxidation sites excluding steroid dienone is 2. The molecule has 0 saturated heterocycles. The molecule has 0 heterocycles. The highest BCUT2D eigenvalue weighted by Gasteiger charge is 2.51. The molecule has 0 aliphatic heterocycles. The van der Waals surface area contributed by atoms with E-state index in [-0.39, 0.29) is 0 Å². The van der Waals surface area contributed by atoms with E-state index in [1.54, 1.807) is 0 Å². The zero-order valence-electron chi connectivity index (χ0n) is 9.34. The van der Waals surface area contributed by atoms with Crippen molar-refractivity contribution in [1.29, 1.82) is 0 Å². The first kappa shape index (κ1) is 9.97. The molecule has 0 aromatic heterocycles. The van der Waals surface area contributed by atoms with Gasteiger partial charge in [-0.3, -0.25) is 0 Å². The Balaban J connectivity index is 2.14. The van der Waals surface area contributed by atoms with Crippen LogP contribution in [0.1, 0.15) is 33.1 Å². The molecule has 3 aliphatic carbocycles. The standard InChI is InChI=1S/C13H21N/c1-9(6-7-14)11-5-4-10-8-12(11)13(10,2)3/h5,10,12H,1,4,6-8,14H2,2-3H3. The molecule has 3 rings (SSSR count). The Labute approximate surface area is 87.1 Å². The normalized spacial score (nSPS) is 33.2. The lowest BCUT2D eigenvalue weighted by Crippen LogP contribution is -2.48. The van der Waals surface area contributed by atoms with Crippen LogP contribution in [0.3, 0.4) is 0 Å². The maximum Gasteiger partial charge on any atom is -0.00368 e. The predicted octanol–water partition coefficient (Wildman–Crippen LogP) is 2.88. The third-order valence-electron chi connectivity index (χ3n) is 4.32. The van der Waals surface area contributed by atoms with Crippen LogP contribution in [0.5, 0.6) is 0 Å². The van der Waals surface area contributed by atoms with E-state index in [1.165, 1.54) is 24.0 Å². The van der Waals surface area contributed by atoms with Gasteiger partial charge in [-0.1, -0.05) is 32.1 Å². The Bertz CT molecular complexity index is 286. The average molecular weight is 191 g/mol. The Kier molecular flexibility index (Phi) is 2.30. The fourth-order valence-corrected chi connectivity index (χ4v) is 3.06. The second-order valence-corrected chi connectivity index (χ2v) is 5.34. The van der Waals surface area contributed by atoms with E-state index in [4.69, 9.17) is 5.73 Å². The maximum atomic E-state index is 5.57. The van der Waals surface area contributed by atoms with Gasteiger partial charge in [0.2, 0.25) is 0 Å². The van der Waals surface area contributed by atoms with Crippen molar-refractivity contribution < 1.29 is 0 Å². The molecule has 1 heteroatoms. The van der Waals surface area contributed by atoms with Crippen molar-refractivity contribution >= 4 is 0 Å². The van der Waals surface area contributed by atoms with Crippen LogP contribution in [-0.4, -0.2) is 6.54 Å². The van der Waals surface area contributed by atoms with Gasteiger partial charge in [-0.25, -0.2) is 0 Å². The molecule has 2 atom stereocenters. The van der Waals surface area contributed by atoms with Crippen LogP contribution in [0.15, 0.2) is 23.8 Å². The second-order valence-electron chi connectivity index (χ2n) is 5.34. The Morgan fingerprint density at radius 3 is 2.86 bits per heavy atom. The smallest absolute Gasteiger partial charge is 0.00368 e. The van der Waals surface area contributed by atoms with E-state index in [1.807, 2.05) is 0 Å². The fourth-order valence-electron chi connectivity index (χ4n) is 3.06. The Morgan fingerprint density at radius 2 is 2.36 bits per heavy atom. The molecule has 3 aliphatic rings. The molecule has 1 saturated carbocycles. The van der Waals surface area contributed by atoms with Crippen LogP contribution in [0, 0.1) is 17.3 Å². The minimum absolute atomic E-state index is 0.515. The van der Waals surface area contributed by atoms with Gasteiger partial charge >= 0.3 is 0 Å². The van der Waals surface area contributed by atoms with Crippen LogP contribution < -0.4 is 5.73 Å². The first-order chi connectivity index (χ1) is 6.57. The van der Waals surface area contributed by atoms with Gasteiger partial charge in [-0.2, -0.15) is 0 Å². The number of hydrogen-bond donors (Lipinski definition) is 1. The van der Waals surface area contributed by atoms with Crippen molar-refractivity contribution in [3.05, 3.63) is 23.8 Å². The highest BCUT2D eigenvalue weighted by Crippen LogP contribution is 2.60. The molecule has 0 amide bonds. The lowest BCUT2D eigenvalue weighted by molar-refractivity contribution is -0.00446. The SMILES string of the molecule is C=C(CCN)C1=CCC2CC1C2(C)C. The number of rotatable bonds is 3. The highest BCUT2D eigenvalue weighted by molar-refractivity contribution is 5.37. The lowest BCUT2D eigenvalue weighted by Gasteiger charge is -2.56. The summed E-state index contributed by atoms with van der Waals surface area (Å²) in [5.74, 6) is 1.68. The number of fused-ring (bicyclic) bond motifs is 1. The number of nitrogens with two attached hydrogens (primary N) is 1. The Morgan fingerprint density at radius 1 is 1.64 bits per heavy atom. The molecule has 2 bridgehead atoms. The van der Waals surface area contributed by atoms with Gasteiger partial charge in [0.25, 0.3) is 0 Å². The first-order valence-electron chi connectivity index (χ1n) is 5.65. The second kappa shape index (κ2) is 3.23. The predicted molar refractivity (Wildman–Crippen MR) is 60.9 cm³/mol. The molecule has 78 valence electrons. The van der Waals surface area contributed by atoms with Crippen molar-refractivity contribution in [2.45, 2.75) is 33.1 Å². The van der Waals surface area contributed by atoms with E-state index in [0.717, 1.165) is 24.8 Å². The monoisotopic (exact) mass is 191 g/mol. The molecule has 0 spiro atoms. The van der Waals surface area contributed by atoms with Crippen molar-refractivity contribution in [2.75, 3.05) is 6.54 Å². The molecule has 0 aromatic rings. The topological polar surface area (TPSA) is 26.0 Å². The minimum Gasteiger partial charge on any atom is -0.330 e. The molecule has 14 heavy (non-hydrogen) atoms. The molecule has 1 nitrogen and oxygen atoms in total. The quantitative estimate of drug-likeness (QED) is 0.729. The molecule has 2 N–H and O–H groups in total. The molecule has 0 aromatic carbocycles. The van der Waals surface area contributed by atoms with E-state index < -0.39 is 0 Å². The van der Waals surface area contributed by atoms with Crippen LogP contribution in [-0.2, 0) is 0 Å². The van der Waals surface area contributed by atoms with Crippen LogP contribution in [0.2, 0.25) is 0 Å². The highest BCUT2D eigenvalue weighted by atomic mass is 14.6. The van der Waals surface area contributed by atoms with Crippen LogP contribution >= 0.6 is 0 Å². The largest absolute Gasteiger partial charge is 0.330 e. The molecular weight excluding hydrogens is 170 g/mol. The van der Waals surface area contributed by atoms with Gasteiger partial charge in [-0.05, 0) is 48.6 Å². The fraction of sp³-hybridized carbons (Fsp3) is 0.692. The average Bonchev–Trinajstić information content (AvgIpc) is 2.18. The van der Waals surface area contributed by atoms with Crippen molar-refractivity contribution in [3.63, 3.8) is 0 Å². The first-order valence-corrected chi connectivity index (χ1v) is 5.65. The number of hydrogen-bond acceptors (Lipinski definition) is 1. The van der Waals surface area contributed by atoms with Gasteiger partial charge in [0, 0.05) is 0 Å². The summed E-state index contributed by atoms with van der Waals surface area (Å²) in [6.45, 7) is 9.68. The summed E-state index contributed by atoms with van der Waals surface area (Å²) in [5, 5.41) is 0. The van der Waals surface area contributed by atoms with Gasteiger partial charge in [0.15, 0.2) is 0 Å². The summed E-state index contributed by atoms with van der Waals surface area (Å²) in [6, 6.07) is 0. The van der Waals surface area contributed by atoms with Gasteiger partial charge < -0.3 is 5.73 Å². The van der Waals surface area contributed by atoms with E-state index >= 15 is 0 Å². The molecule has 1 fully saturated rings. The maximum absolute atomic E-state index is 5.57. The van der Waals surface area contributed by atoms with Crippen molar-refractivity contribution in [1.82, 2.24) is 0 Å². The zero-order valence-corrected chi connectivity index (χ0v) is 9.34. The van der Waals surface area contributed by atoms with E-state index in [0.29, 0.717) is 5.41 Å². The summed E-state index contributed by atoms with van der Waals surface area (Å²) in [7, 11) is 0. The summed E-state index contributed by atoms with van der Waals surface area (Å²) >= 11 is 0. The van der Waals surface area contributed by atoms with Crippen molar-refractivity contribution in [2.24, 2.45) is 23.0 Å². The van der Waals surface area contributed by atoms with Gasteiger partial charge in [0.05, 0.1) is 0 Å².